The summed E-state index contributed by atoms with van der Waals surface area (Å²) in [5.41, 5.74) is 8.08. The minimum Gasteiger partial charge on any atom is -0.397 e. The van der Waals surface area contributed by atoms with E-state index in [-0.39, 0.29) is 0 Å². The fourth-order valence-electron chi connectivity index (χ4n) is 2.39. The van der Waals surface area contributed by atoms with Gasteiger partial charge in [0.15, 0.2) is 0 Å². The van der Waals surface area contributed by atoms with Crippen molar-refractivity contribution in [3.05, 3.63) is 24.3 Å². The monoisotopic (exact) mass is 190 g/mol. The van der Waals surface area contributed by atoms with Crippen molar-refractivity contribution < 1.29 is 0 Å². The zero-order valence-corrected chi connectivity index (χ0v) is 8.90. The van der Waals surface area contributed by atoms with Gasteiger partial charge in [0.1, 0.15) is 0 Å². The first-order chi connectivity index (χ1) is 6.70. The Hall–Kier alpha value is -1.18. The molecule has 0 radical (unpaired) electrons. The molecule has 76 valence electrons. The molecule has 2 N–H and O–H groups in total. The van der Waals surface area contributed by atoms with E-state index >= 15 is 0 Å². The van der Waals surface area contributed by atoms with Gasteiger partial charge in [0.2, 0.25) is 0 Å². The maximum atomic E-state index is 5.98. The molecule has 0 bridgehead atoms. The van der Waals surface area contributed by atoms with Crippen LogP contribution in [0, 0.1) is 0 Å². The third-order valence-electron chi connectivity index (χ3n) is 3.17. The molecule has 1 saturated heterocycles. The minimum absolute atomic E-state index is 0.620. The largest absolute Gasteiger partial charge is 0.397 e. The lowest BCUT2D eigenvalue weighted by atomic mass is 10.2. The molecule has 0 unspecified atom stereocenters. The zero-order chi connectivity index (χ0) is 10.1. The van der Waals surface area contributed by atoms with Crippen molar-refractivity contribution in [1.29, 1.82) is 0 Å². The second-order valence-electron chi connectivity index (χ2n) is 4.24. The van der Waals surface area contributed by atoms with Gasteiger partial charge in [-0.15, -0.1) is 0 Å². The van der Waals surface area contributed by atoms with Crippen molar-refractivity contribution >= 4 is 11.4 Å². The lowest BCUT2D eigenvalue weighted by Crippen LogP contribution is -2.33. The predicted molar refractivity (Wildman–Crippen MR) is 61.5 cm³/mol. The van der Waals surface area contributed by atoms with Crippen LogP contribution in [0.15, 0.2) is 24.3 Å². The van der Waals surface area contributed by atoms with Crippen LogP contribution in [0.5, 0.6) is 0 Å². The highest BCUT2D eigenvalue weighted by Crippen LogP contribution is 2.33. The molecule has 0 aliphatic carbocycles. The van der Waals surface area contributed by atoms with Gasteiger partial charge in [0.25, 0.3) is 0 Å². The number of anilines is 2. The van der Waals surface area contributed by atoms with Crippen LogP contribution in [0.1, 0.15) is 26.7 Å². The van der Waals surface area contributed by atoms with Gasteiger partial charge in [-0.3, -0.25) is 0 Å². The molecule has 0 aromatic heterocycles. The second-order valence-corrected chi connectivity index (χ2v) is 4.24. The molecular weight excluding hydrogens is 172 g/mol. The van der Waals surface area contributed by atoms with Crippen LogP contribution in [0.4, 0.5) is 11.4 Å². The number of nitrogens with zero attached hydrogens (tertiary/aromatic N) is 1. The van der Waals surface area contributed by atoms with Crippen molar-refractivity contribution in [2.75, 3.05) is 10.6 Å². The molecule has 1 aromatic rings. The van der Waals surface area contributed by atoms with Gasteiger partial charge < -0.3 is 10.6 Å². The average Bonchev–Trinajstić information content (AvgIpc) is 2.48. The summed E-state index contributed by atoms with van der Waals surface area (Å²) >= 11 is 0. The summed E-state index contributed by atoms with van der Waals surface area (Å²) in [7, 11) is 0. The van der Waals surface area contributed by atoms with Crippen LogP contribution in [-0.4, -0.2) is 12.1 Å². The molecule has 2 heteroatoms. The number of hydrogen-bond acceptors (Lipinski definition) is 2. The number of nitrogens with two attached hydrogens (primary N) is 1. The Bertz CT molecular complexity index is 312. The second kappa shape index (κ2) is 3.52. The lowest BCUT2D eigenvalue weighted by molar-refractivity contribution is 0.695. The topological polar surface area (TPSA) is 29.3 Å². The molecule has 2 atom stereocenters. The van der Waals surface area contributed by atoms with E-state index in [1.165, 1.54) is 18.5 Å². The molecule has 1 aliphatic rings. The summed E-state index contributed by atoms with van der Waals surface area (Å²) in [6.45, 7) is 4.55. The number of nitrogen functional groups attached to an aromatic ring is 1. The third-order valence-corrected chi connectivity index (χ3v) is 3.17. The van der Waals surface area contributed by atoms with Crippen LogP contribution in [0.3, 0.4) is 0 Å². The van der Waals surface area contributed by atoms with E-state index in [2.05, 4.69) is 30.9 Å². The van der Waals surface area contributed by atoms with E-state index < -0.39 is 0 Å². The normalized spacial score (nSPS) is 26.9. The zero-order valence-electron chi connectivity index (χ0n) is 8.90. The van der Waals surface area contributed by atoms with Gasteiger partial charge in [-0.1, -0.05) is 12.1 Å². The van der Waals surface area contributed by atoms with Crippen LogP contribution >= 0.6 is 0 Å². The number of para-hydroxylation sites is 2. The Morgan fingerprint density at radius 1 is 1.14 bits per heavy atom. The first-order valence-electron chi connectivity index (χ1n) is 5.33. The molecule has 1 aliphatic heterocycles. The number of hydrogen-bond donors (Lipinski definition) is 1. The van der Waals surface area contributed by atoms with Gasteiger partial charge in [-0.05, 0) is 38.8 Å². The SMILES string of the molecule is C[C@@H]1CC[C@@H](C)N1c1ccccc1N. The highest BCUT2D eigenvalue weighted by Gasteiger charge is 2.28. The maximum absolute atomic E-state index is 5.98. The number of benzene rings is 1. The Morgan fingerprint density at radius 3 is 2.29 bits per heavy atom. The van der Waals surface area contributed by atoms with Gasteiger partial charge >= 0.3 is 0 Å². The average molecular weight is 190 g/mol. The van der Waals surface area contributed by atoms with Gasteiger partial charge in [0.05, 0.1) is 11.4 Å². The summed E-state index contributed by atoms with van der Waals surface area (Å²) in [5, 5.41) is 0. The molecular formula is C12H18N2. The summed E-state index contributed by atoms with van der Waals surface area (Å²) in [6.07, 6.45) is 2.55. The summed E-state index contributed by atoms with van der Waals surface area (Å²) in [6, 6.07) is 9.39. The van der Waals surface area contributed by atoms with Crippen LogP contribution in [0.25, 0.3) is 0 Å². The van der Waals surface area contributed by atoms with E-state index in [4.69, 9.17) is 5.73 Å². The van der Waals surface area contributed by atoms with Crippen molar-refractivity contribution in [2.24, 2.45) is 0 Å². The number of rotatable bonds is 1. The van der Waals surface area contributed by atoms with E-state index in [0.29, 0.717) is 12.1 Å². The maximum Gasteiger partial charge on any atom is 0.0604 e. The van der Waals surface area contributed by atoms with Crippen LogP contribution in [0.2, 0.25) is 0 Å². The molecule has 2 nitrogen and oxygen atoms in total. The van der Waals surface area contributed by atoms with Crippen molar-refractivity contribution in [1.82, 2.24) is 0 Å². The first-order valence-corrected chi connectivity index (χ1v) is 5.33. The Labute approximate surface area is 85.7 Å². The minimum atomic E-state index is 0.620. The fraction of sp³-hybridized carbons (Fsp3) is 0.500. The Kier molecular flexibility index (Phi) is 2.36. The van der Waals surface area contributed by atoms with E-state index in [9.17, 15) is 0 Å². The first kappa shape index (κ1) is 9.38. The van der Waals surface area contributed by atoms with Gasteiger partial charge in [0, 0.05) is 12.1 Å². The lowest BCUT2D eigenvalue weighted by Gasteiger charge is -2.29. The quantitative estimate of drug-likeness (QED) is 0.690. The van der Waals surface area contributed by atoms with E-state index in [0.717, 1.165) is 5.69 Å². The predicted octanol–water partition coefficient (Wildman–Crippen LogP) is 2.65. The third kappa shape index (κ3) is 1.45. The molecule has 2 rings (SSSR count). The molecule has 1 heterocycles. The molecule has 0 amide bonds. The van der Waals surface area contributed by atoms with Crippen LogP contribution in [-0.2, 0) is 0 Å². The van der Waals surface area contributed by atoms with Crippen LogP contribution < -0.4 is 10.6 Å². The summed E-state index contributed by atoms with van der Waals surface area (Å²) in [4.78, 5) is 2.44. The van der Waals surface area contributed by atoms with Crippen molar-refractivity contribution in [3.63, 3.8) is 0 Å². The Morgan fingerprint density at radius 2 is 1.71 bits per heavy atom. The molecule has 0 spiro atoms. The van der Waals surface area contributed by atoms with E-state index in [1.807, 2.05) is 12.1 Å². The molecule has 1 fully saturated rings. The highest BCUT2D eigenvalue weighted by atomic mass is 15.2. The molecule has 1 aromatic carbocycles. The standard InChI is InChI=1S/C12H18N2/c1-9-7-8-10(2)14(9)12-6-4-3-5-11(12)13/h3-6,9-10H,7-8,13H2,1-2H3/t9-,10-/m1/s1. The van der Waals surface area contributed by atoms with Crippen molar-refractivity contribution in [2.45, 2.75) is 38.8 Å². The summed E-state index contributed by atoms with van der Waals surface area (Å²) < 4.78 is 0. The van der Waals surface area contributed by atoms with Crippen molar-refractivity contribution in [3.8, 4) is 0 Å². The highest BCUT2D eigenvalue weighted by molar-refractivity contribution is 5.68. The van der Waals surface area contributed by atoms with E-state index in [1.54, 1.807) is 0 Å². The fourth-order valence-corrected chi connectivity index (χ4v) is 2.39. The molecule has 14 heavy (non-hydrogen) atoms. The Balaban J connectivity index is 2.34. The van der Waals surface area contributed by atoms with Gasteiger partial charge in [-0.2, -0.15) is 0 Å². The smallest absolute Gasteiger partial charge is 0.0604 e. The molecule has 0 saturated carbocycles. The summed E-state index contributed by atoms with van der Waals surface area (Å²) in [5.74, 6) is 0. The van der Waals surface area contributed by atoms with Gasteiger partial charge in [-0.25, -0.2) is 0 Å².